The SMILES string of the molecule is CC(C)[C@]12OC(c3cccc(Oc4ccc5cccc(O)c5n4)c3)=N[C@@]1(C)c1ccccc1C2(C)C. The van der Waals surface area contributed by atoms with Crippen molar-refractivity contribution < 1.29 is 14.6 Å². The number of pyridine rings is 1. The molecule has 1 aliphatic carbocycles. The molecule has 0 amide bonds. The van der Waals surface area contributed by atoms with E-state index >= 15 is 0 Å². The maximum atomic E-state index is 10.2. The summed E-state index contributed by atoms with van der Waals surface area (Å²) in [6, 6.07) is 25.4. The van der Waals surface area contributed by atoms with Crippen molar-refractivity contribution in [2.24, 2.45) is 10.9 Å². The number of rotatable bonds is 4. The first-order valence-corrected chi connectivity index (χ1v) is 12.4. The number of hydrogen-bond donors (Lipinski definition) is 1. The highest BCUT2D eigenvalue weighted by atomic mass is 16.5. The fourth-order valence-corrected chi connectivity index (χ4v) is 6.72. The number of fused-ring (bicyclic) bond motifs is 4. The van der Waals surface area contributed by atoms with E-state index in [9.17, 15) is 5.11 Å². The molecule has 2 atom stereocenters. The Morgan fingerprint density at radius 2 is 1.61 bits per heavy atom. The number of nitrogens with zero attached hydrogens (tertiary/aromatic N) is 2. The summed E-state index contributed by atoms with van der Waals surface area (Å²) in [6.45, 7) is 11.2. The first kappa shape index (κ1) is 22.6. The zero-order valence-corrected chi connectivity index (χ0v) is 21.2. The van der Waals surface area contributed by atoms with Crippen molar-refractivity contribution in [3.63, 3.8) is 0 Å². The summed E-state index contributed by atoms with van der Waals surface area (Å²) in [5.74, 6) is 2.01. The van der Waals surface area contributed by atoms with Crippen LogP contribution in [0.4, 0.5) is 0 Å². The molecule has 2 heterocycles. The van der Waals surface area contributed by atoms with E-state index in [1.807, 2.05) is 36.4 Å². The minimum atomic E-state index is -0.521. The van der Waals surface area contributed by atoms with Crippen molar-refractivity contribution in [3.8, 4) is 17.4 Å². The van der Waals surface area contributed by atoms with Crippen LogP contribution in [0.2, 0.25) is 0 Å². The van der Waals surface area contributed by atoms with Gasteiger partial charge in [-0.3, -0.25) is 0 Å². The monoisotopic (exact) mass is 478 g/mol. The van der Waals surface area contributed by atoms with Gasteiger partial charge >= 0.3 is 0 Å². The van der Waals surface area contributed by atoms with Crippen LogP contribution in [0.25, 0.3) is 10.9 Å². The van der Waals surface area contributed by atoms with Gasteiger partial charge in [-0.05, 0) is 54.3 Å². The number of phenols is 1. The standard InChI is InChI=1S/C31H30N2O3/c1-19(2)31-29(3,4)23-13-6-7-14-24(23)30(31,5)33-28(36-31)21-11-8-12-22(18-21)35-26-17-16-20-10-9-15-25(34)27(20)32-26/h6-19,34H,1-5H3/t30-,31+/m0/s1. The molecule has 2 aliphatic rings. The molecule has 1 aromatic heterocycles. The van der Waals surface area contributed by atoms with Crippen LogP contribution in [0.5, 0.6) is 17.4 Å². The molecule has 0 fully saturated rings. The molecule has 1 aliphatic heterocycles. The van der Waals surface area contributed by atoms with Crippen LogP contribution in [-0.2, 0) is 15.7 Å². The van der Waals surface area contributed by atoms with Gasteiger partial charge in [0.05, 0.1) is 0 Å². The second kappa shape index (κ2) is 7.57. The molecule has 0 spiro atoms. The second-order valence-electron chi connectivity index (χ2n) is 10.8. The lowest BCUT2D eigenvalue weighted by Gasteiger charge is -2.47. The van der Waals surface area contributed by atoms with Crippen molar-refractivity contribution in [3.05, 3.63) is 95.6 Å². The van der Waals surface area contributed by atoms with Gasteiger partial charge in [-0.25, -0.2) is 9.98 Å². The highest BCUT2D eigenvalue weighted by Crippen LogP contribution is 2.64. The first-order valence-electron chi connectivity index (χ1n) is 12.4. The van der Waals surface area contributed by atoms with Gasteiger partial charge in [0.1, 0.15) is 22.6 Å². The predicted octanol–water partition coefficient (Wildman–Crippen LogP) is 7.11. The summed E-state index contributed by atoms with van der Waals surface area (Å²) >= 11 is 0. The van der Waals surface area contributed by atoms with Crippen LogP contribution in [0.15, 0.2) is 83.9 Å². The quantitative estimate of drug-likeness (QED) is 0.339. The molecule has 5 nitrogen and oxygen atoms in total. The average molecular weight is 479 g/mol. The topological polar surface area (TPSA) is 63.9 Å². The van der Waals surface area contributed by atoms with Crippen molar-refractivity contribution in [2.45, 2.75) is 51.2 Å². The van der Waals surface area contributed by atoms with Gasteiger partial charge in [-0.2, -0.15) is 0 Å². The third kappa shape index (κ3) is 2.89. The molecule has 0 saturated carbocycles. The van der Waals surface area contributed by atoms with E-state index < -0.39 is 11.1 Å². The molecule has 0 saturated heterocycles. The van der Waals surface area contributed by atoms with Gasteiger partial charge < -0.3 is 14.6 Å². The maximum absolute atomic E-state index is 10.2. The fourth-order valence-electron chi connectivity index (χ4n) is 6.72. The predicted molar refractivity (Wildman–Crippen MR) is 142 cm³/mol. The largest absolute Gasteiger partial charge is 0.506 e. The van der Waals surface area contributed by atoms with Gasteiger partial charge in [0.15, 0.2) is 5.60 Å². The third-order valence-corrected chi connectivity index (χ3v) is 8.15. The highest BCUT2D eigenvalue weighted by molar-refractivity contribution is 5.97. The molecule has 0 bridgehead atoms. The molecule has 182 valence electrons. The number of phenolic OH excluding ortho intramolecular Hbond substituents is 1. The molecular formula is C31H30N2O3. The van der Waals surface area contributed by atoms with Crippen LogP contribution < -0.4 is 4.74 Å². The maximum Gasteiger partial charge on any atom is 0.219 e. The number of aromatic hydroxyl groups is 1. The second-order valence-corrected chi connectivity index (χ2v) is 10.8. The number of benzene rings is 3. The van der Waals surface area contributed by atoms with Crippen molar-refractivity contribution in [2.75, 3.05) is 0 Å². The summed E-state index contributed by atoms with van der Waals surface area (Å²) in [4.78, 5) is 9.77. The minimum absolute atomic E-state index is 0.127. The van der Waals surface area contributed by atoms with Gasteiger partial charge in [-0.15, -0.1) is 0 Å². The Labute approximate surface area is 211 Å². The van der Waals surface area contributed by atoms with Gasteiger partial charge in [0.2, 0.25) is 11.8 Å². The Bertz CT molecular complexity index is 1540. The minimum Gasteiger partial charge on any atom is -0.506 e. The van der Waals surface area contributed by atoms with Crippen LogP contribution in [-0.4, -0.2) is 21.6 Å². The van der Waals surface area contributed by atoms with E-state index in [0.717, 1.165) is 10.9 Å². The van der Waals surface area contributed by atoms with Gasteiger partial charge in [0, 0.05) is 22.4 Å². The van der Waals surface area contributed by atoms with Gasteiger partial charge in [-0.1, -0.05) is 70.2 Å². The number of aliphatic imine (C=N–C) groups is 1. The highest BCUT2D eigenvalue weighted by Gasteiger charge is 2.71. The molecule has 3 aromatic carbocycles. The van der Waals surface area contributed by atoms with Crippen LogP contribution >= 0.6 is 0 Å². The third-order valence-electron chi connectivity index (χ3n) is 8.15. The molecule has 4 aromatic rings. The summed E-state index contributed by atoms with van der Waals surface area (Å²) in [7, 11) is 0. The number of para-hydroxylation sites is 1. The Kier molecular flexibility index (Phi) is 4.75. The van der Waals surface area contributed by atoms with Gasteiger partial charge in [0.25, 0.3) is 0 Å². The van der Waals surface area contributed by atoms with E-state index in [0.29, 0.717) is 23.0 Å². The zero-order chi connectivity index (χ0) is 25.3. The molecule has 36 heavy (non-hydrogen) atoms. The van der Waals surface area contributed by atoms with Crippen LogP contribution in [0.3, 0.4) is 0 Å². The average Bonchev–Trinajstić information content (AvgIpc) is 3.27. The van der Waals surface area contributed by atoms with E-state index in [1.165, 1.54) is 11.1 Å². The number of hydrogen-bond acceptors (Lipinski definition) is 5. The van der Waals surface area contributed by atoms with Crippen molar-refractivity contribution in [1.29, 1.82) is 0 Å². The molecule has 1 N–H and O–H groups in total. The molecule has 0 unspecified atom stereocenters. The molecular weight excluding hydrogens is 448 g/mol. The molecule has 0 radical (unpaired) electrons. The van der Waals surface area contributed by atoms with E-state index in [-0.39, 0.29) is 17.1 Å². The Morgan fingerprint density at radius 3 is 2.39 bits per heavy atom. The van der Waals surface area contributed by atoms with Crippen molar-refractivity contribution >= 4 is 16.8 Å². The van der Waals surface area contributed by atoms with Crippen LogP contribution in [0, 0.1) is 5.92 Å². The zero-order valence-electron chi connectivity index (χ0n) is 21.2. The summed E-state index contributed by atoms with van der Waals surface area (Å²) in [5, 5.41) is 11.0. The summed E-state index contributed by atoms with van der Waals surface area (Å²) in [5.41, 5.74) is 2.63. The van der Waals surface area contributed by atoms with E-state index in [4.69, 9.17) is 14.5 Å². The summed E-state index contributed by atoms with van der Waals surface area (Å²) < 4.78 is 13.0. The Balaban J connectivity index is 1.39. The normalized spacial score (nSPS) is 23.8. The smallest absolute Gasteiger partial charge is 0.219 e. The van der Waals surface area contributed by atoms with E-state index in [1.54, 1.807) is 18.2 Å². The molecule has 6 rings (SSSR count). The lowest BCUT2D eigenvalue weighted by molar-refractivity contribution is -0.0706. The Hall–Kier alpha value is -3.86. The number of ether oxygens (including phenoxy) is 2. The van der Waals surface area contributed by atoms with Crippen LogP contribution in [0.1, 0.15) is 51.3 Å². The number of aromatic nitrogens is 1. The first-order chi connectivity index (χ1) is 17.2. The van der Waals surface area contributed by atoms with Crippen molar-refractivity contribution in [1.82, 2.24) is 4.98 Å². The lowest BCUT2D eigenvalue weighted by Crippen LogP contribution is -2.57. The van der Waals surface area contributed by atoms with E-state index in [2.05, 4.69) is 63.9 Å². The Morgan fingerprint density at radius 1 is 0.861 bits per heavy atom. The lowest BCUT2D eigenvalue weighted by atomic mass is 9.63. The molecule has 5 heteroatoms. The summed E-state index contributed by atoms with van der Waals surface area (Å²) in [6.07, 6.45) is 0. The fraction of sp³-hybridized carbons (Fsp3) is 0.290.